The second-order valence-corrected chi connectivity index (χ2v) is 10.9. The molecule has 0 aliphatic carbocycles. The van der Waals surface area contributed by atoms with E-state index in [1.807, 2.05) is 32.0 Å². The molecular formula is C25H35NO2S. The number of carbonyl (C=O) groups is 1. The van der Waals surface area contributed by atoms with Crippen molar-refractivity contribution < 1.29 is 9.90 Å². The number of para-hydroxylation sites is 1. The van der Waals surface area contributed by atoms with Gasteiger partial charge in [0.05, 0.1) is 0 Å². The van der Waals surface area contributed by atoms with Crippen molar-refractivity contribution >= 4 is 23.4 Å². The molecule has 0 unspecified atom stereocenters. The number of nitrogens with one attached hydrogen (secondary N) is 1. The summed E-state index contributed by atoms with van der Waals surface area (Å²) in [4.78, 5) is 13.5. The Balaban J connectivity index is 2.13. The number of amides is 1. The normalized spacial score (nSPS) is 12.1. The molecule has 0 aliphatic rings. The Hall–Kier alpha value is -1.94. The fraction of sp³-hybridized carbons (Fsp3) is 0.480. The zero-order valence-electron chi connectivity index (χ0n) is 19.1. The number of phenols is 1. The summed E-state index contributed by atoms with van der Waals surface area (Å²) in [5, 5.41) is 13.9. The maximum atomic E-state index is 12.4. The zero-order chi connectivity index (χ0) is 22.0. The molecule has 0 saturated heterocycles. The maximum Gasteiger partial charge on any atom is 0.225 e. The number of hydrogen-bond acceptors (Lipinski definition) is 3. The number of anilines is 1. The molecule has 4 heteroatoms. The number of rotatable bonds is 5. The van der Waals surface area contributed by atoms with E-state index in [1.165, 1.54) is 0 Å². The van der Waals surface area contributed by atoms with Crippen LogP contribution in [0.2, 0.25) is 0 Å². The van der Waals surface area contributed by atoms with Gasteiger partial charge in [-0.15, -0.1) is 11.8 Å². The third-order valence-corrected chi connectivity index (χ3v) is 6.02. The van der Waals surface area contributed by atoms with Crippen LogP contribution in [0.25, 0.3) is 0 Å². The number of hydrogen-bond donors (Lipinski definition) is 2. The first-order chi connectivity index (χ1) is 13.3. The van der Waals surface area contributed by atoms with E-state index in [0.717, 1.165) is 32.8 Å². The van der Waals surface area contributed by atoms with Gasteiger partial charge in [-0.05, 0) is 47.9 Å². The van der Waals surface area contributed by atoms with Crippen molar-refractivity contribution in [2.45, 2.75) is 77.5 Å². The molecule has 158 valence electrons. The van der Waals surface area contributed by atoms with Crippen molar-refractivity contribution in [1.82, 2.24) is 0 Å². The third kappa shape index (κ3) is 6.02. The van der Waals surface area contributed by atoms with E-state index in [1.54, 1.807) is 11.8 Å². The van der Waals surface area contributed by atoms with E-state index >= 15 is 0 Å². The smallest absolute Gasteiger partial charge is 0.225 e. The van der Waals surface area contributed by atoms with Gasteiger partial charge in [-0.25, -0.2) is 0 Å². The highest BCUT2D eigenvalue weighted by Crippen LogP contribution is 2.41. The van der Waals surface area contributed by atoms with Crippen molar-refractivity contribution in [3.8, 4) is 5.75 Å². The Morgan fingerprint density at radius 3 is 1.90 bits per heavy atom. The first-order valence-electron chi connectivity index (χ1n) is 10.2. The number of aryl methyl sites for hydroxylation is 2. The monoisotopic (exact) mass is 413 g/mol. The molecule has 0 aliphatic heterocycles. The summed E-state index contributed by atoms with van der Waals surface area (Å²) < 4.78 is 0. The number of aromatic hydroxyl groups is 1. The van der Waals surface area contributed by atoms with Crippen LogP contribution in [0.3, 0.4) is 0 Å². The van der Waals surface area contributed by atoms with Crippen LogP contribution in [0.15, 0.2) is 35.2 Å². The van der Waals surface area contributed by atoms with Crippen LogP contribution in [-0.4, -0.2) is 16.8 Å². The molecule has 0 bridgehead atoms. The highest BCUT2D eigenvalue weighted by Gasteiger charge is 2.26. The molecule has 0 saturated carbocycles. The molecule has 0 atom stereocenters. The SMILES string of the molecule is Cc1cccc(C)c1NC(=O)CCSc1cc(C(C)(C)C)c(O)c(C(C)(C)C)c1. The lowest BCUT2D eigenvalue weighted by Crippen LogP contribution is -2.17. The Kier molecular flexibility index (Phi) is 7.10. The van der Waals surface area contributed by atoms with Crippen LogP contribution in [0, 0.1) is 13.8 Å². The predicted molar refractivity (Wildman–Crippen MR) is 125 cm³/mol. The summed E-state index contributed by atoms with van der Waals surface area (Å²) in [7, 11) is 0. The van der Waals surface area contributed by atoms with Gasteiger partial charge in [-0.2, -0.15) is 0 Å². The molecule has 2 aromatic rings. The Morgan fingerprint density at radius 1 is 0.966 bits per heavy atom. The minimum atomic E-state index is -0.152. The number of benzene rings is 2. The molecule has 2 rings (SSSR count). The summed E-state index contributed by atoms with van der Waals surface area (Å²) in [6.07, 6.45) is 0.440. The molecule has 0 aromatic heterocycles. The molecule has 2 N–H and O–H groups in total. The van der Waals surface area contributed by atoms with Crippen LogP contribution in [0.1, 0.15) is 70.2 Å². The second kappa shape index (κ2) is 8.83. The summed E-state index contributed by atoms with van der Waals surface area (Å²) in [5.41, 5.74) is 4.67. The number of phenolic OH excluding ortho intramolecular Hbond substituents is 1. The van der Waals surface area contributed by atoms with Crippen molar-refractivity contribution in [1.29, 1.82) is 0 Å². The lowest BCUT2D eigenvalue weighted by atomic mass is 9.79. The quantitative estimate of drug-likeness (QED) is 0.535. The molecule has 0 spiro atoms. The van der Waals surface area contributed by atoms with Crippen LogP contribution in [0.5, 0.6) is 5.75 Å². The maximum absolute atomic E-state index is 12.4. The van der Waals surface area contributed by atoms with Gasteiger partial charge in [-0.1, -0.05) is 59.7 Å². The topological polar surface area (TPSA) is 49.3 Å². The van der Waals surface area contributed by atoms with Gasteiger partial charge in [0.15, 0.2) is 0 Å². The molecule has 29 heavy (non-hydrogen) atoms. The van der Waals surface area contributed by atoms with Gasteiger partial charge in [0.1, 0.15) is 5.75 Å². The zero-order valence-corrected chi connectivity index (χ0v) is 19.9. The van der Waals surface area contributed by atoms with Crippen LogP contribution in [-0.2, 0) is 15.6 Å². The van der Waals surface area contributed by atoms with Crippen molar-refractivity contribution in [2.75, 3.05) is 11.1 Å². The van der Waals surface area contributed by atoms with Gasteiger partial charge < -0.3 is 10.4 Å². The summed E-state index contributed by atoms with van der Waals surface area (Å²) in [6, 6.07) is 10.2. The van der Waals surface area contributed by atoms with Crippen LogP contribution < -0.4 is 5.32 Å². The largest absolute Gasteiger partial charge is 0.507 e. The first kappa shape index (κ1) is 23.3. The average molecular weight is 414 g/mol. The molecule has 3 nitrogen and oxygen atoms in total. The summed E-state index contributed by atoms with van der Waals surface area (Å²) >= 11 is 1.67. The van der Waals surface area contributed by atoms with Crippen molar-refractivity contribution in [3.05, 3.63) is 52.6 Å². The Labute approximate surface area is 180 Å². The van der Waals surface area contributed by atoms with Gasteiger partial charge in [0.25, 0.3) is 0 Å². The fourth-order valence-corrected chi connectivity index (χ4v) is 4.24. The highest BCUT2D eigenvalue weighted by atomic mass is 32.2. The minimum absolute atomic E-state index is 0.0285. The van der Waals surface area contributed by atoms with Gasteiger partial charge in [-0.3, -0.25) is 4.79 Å². The molecule has 0 fully saturated rings. The standard InChI is InChI=1S/C25H35NO2S/c1-16-10-9-11-17(2)22(16)26-21(27)12-13-29-18-14-19(24(3,4)5)23(28)20(15-18)25(6,7)8/h9-11,14-15,28H,12-13H2,1-8H3,(H,26,27). The van der Waals surface area contributed by atoms with Gasteiger partial charge >= 0.3 is 0 Å². The fourth-order valence-electron chi connectivity index (χ4n) is 3.31. The number of carbonyl (C=O) groups excluding carboxylic acids is 1. The lowest BCUT2D eigenvalue weighted by Gasteiger charge is -2.28. The van der Waals surface area contributed by atoms with Crippen molar-refractivity contribution in [2.24, 2.45) is 0 Å². The molecule has 0 heterocycles. The number of thioether (sulfide) groups is 1. The van der Waals surface area contributed by atoms with Crippen LogP contribution >= 0.6 is 11.8 Å². The highest BCUT2D eigenvalue weighted by molar-refractivity contribution is 7.99. The molecule has 1 amide bonds. The summed E-state index contributed by atoms with van der Waals surface area (Å²) in [6.45, 7) is 16.7. The van der Waals surface area contributed by atoms with E-state index in [9.17, 15) is 9.90 Å². The molecule has 2 aromatic carbocycles. The van der Waals surface area contributed by atoms with Gasteiger partial charge in [0.2, 0.25) is 5.91 Å². The van der Waals surface area contributed by atoms with E-state index < -0.39 is 0 Å². The van der Waals surface area contributed by atoms with E-state index in [0.29, 0.717) is 17.9 Å². The average Bonchev–Trinajstić information content (AvgIpc) is 2.57. The molecular weight excluding hydrogens is 378 g/mol. The van der Waals surface area contributed by atoms with Crippen molar-refractivity contribution in [3.63, 3.8) is 0 Å². The Morgan fingerprint density at radius 2 is 1.45 bits per heavy atom. The van der Waals surface area contributed by atoms with E-state index in [4.69, 9.17) is 0 Å². The predicted octanol–water partition coefficient (Wildman–Crippen LogP) is 6.72. The van der Waals surface area contributed by atoms with Crippen LogP contribution in [0.4, 0.5) is 5.69 Å². The summed E-state index contributed by atoms with van der Waals surface area (Å²) in [5.74, 6) is 1.11. The molecule has 0 radical (unpaired) electrons. The first-order valence-corrected chi connectivity index (χ1v) is 11.2. The van der Waals surface area contributed by atoms with Gasteiger partial charge in [0, 0.05) is 33.9 Å². The lowest BCUT2D eigenvalue weighted by molar-refractivity contribution is -0.115. The second-order valence-electron chi connectivity index (χ2n) is 9.78. The minimum Gasteiger partial charge on any atom is -0.507 e. The third-order valence-electron chi connectivity index (χ3n) is 5.04. The van der Waals surface area contributed by atoms with E-state index in [-0.39, 0.29) is 16.7 Å². The Bertz CT molecular complexity index is 833. The van der Waals surface area contributed by atoms with E-state index in [2.05, 4.69) is 59.0 Å².